The van der Waals surface area contributed by atoms with Crippen molar-refractivity contribution in [1.82, 2.24) is 0 Å². The lowest BCUT2D eigenvalue weighted by molar-refractivity contribution is -0.284. The first-order valence-electron chi connectivity index (χ1n) is 37.6. The Morgan fingerprint density at radius 1 is 0.346 bits per heavy atom. The fraction of sp³-hybridized carbons (Fsp3) is 0.181. The van der Waals surface area contributed by atoms with E-state index in [0.29, 0.717) is 30.3 Å². The minimum Gasteiger partial charge on any atom is -0.507 e. The summed E-state index contributed by atoms with van der Waals surface area (Å²) < 4.78 is 62.3. The summed E-state index contributed by atoms with van der Waals surface area (Å²) >= 11 is 0. The van der Waals surface area contributed by atoms with Crippen LogP contribution in [0.1, 0.15) is 112 Å². The first kappa shape index (κ1) is 89.8. The second kappa shape index (κ2) is 33.0. The third kappa shape index (κ3) is 15.0. The van der Waals surface area contributed by atoms with Crippen molar-refractivity contribution < 1.29 is 249 Å². The minimum absolute atomic E-state index is 0.0657. The largest absolute Gasteiger partial charge is 0.507 e. The maximum Gasteiger partial charge on any atom is 0.342 e. The van der Waals surface area contributed by atoms with Crippen LogP contribution in [0.4, 0.5) is 0 Å². The maximum absolute atomic E-state index is 16.1. The molecule has 5 heterocycles. The van der Waals surface area contributed by atoms with E-state index >= 15 is 19.2 Å². The Bertz CT molecular complexity index is 6710. The zero-order valence-corrected chi connectivity index (χ0v) is 65.7. The molecule has 31 N–H and O–H groups in total. The van der Waals surface area contributed by atoms with Gasteiger partial charge in [-0.05, 0) is 60.2 Å². The van der Waals surface area contributed by atoms with Crippen LogP contribution < -0.4 is 9.47 Å². The van der Waals surface area contributed by atoms with Crippen LogP contribution in [0.2, 0.25) is 0 Å². The van der Waals surface area contributed by atoms with Gasteiger partial charge in [0.1, 0.15) is 60.4 Å². The molecule has 10 aromatic carbocycles. The predicted molar refractivity (Wildman–Crippen MR) is 417 cm³/mol. The number of aliphatic hydroxyl groups excluding tert-OH is 4. The average Bonchev–Trinajstić information content (AvgIpc) is 1.39. The number of benzene rings is 10. The fourth-order valence-corrected chi connectivity index (χ4v) is 15.2. The highest BCUT2D eigenvalue weighted by atomic mass is 16.7. The molecule has 0 amide bonds. The molecule has 0 aliphatic carbocycles. The molecule has 0 bridgehead atoms. The van der Waals surface area contributed by atoms with Gasteiger partial charge in [0.2, 0.25) is 46.0 Å². The maximum atomic E-state index is 16.1. The first-order chi connectivity index (χ1) is 62.6. The molecule has 694 valence electrons. The molecule has 12 unspecified atom stereocenters. The van der Waals surface area contributed by atoms with Gasteiger partial charge < -0.3 is 210 Å². The normalized spacial score (nSPS) is 20.7. The van der Waals surface area contributed by atoms with E-state index in [4.69, 9.17) is 52.1 Å². The molecule has 10 aromatic rings. The van der Waals surface area contributed by atoms with Gasteiger partial charge in [-0.25, -0.2) is 38.4 Å². The Kier molecular flexibility index (Phi) is 22.3. The monoisotopic (exact) mass is 1860 g/mol. The highest BCUT2D eigenvalue weighted by Crippen LogP contribution is 2.60. The minimum atomic E-state index is -3.35. The van der Waals surface area contributed by atoms with E-state index in [0.717, 1.165) is 18.2 Å². The van der Waals surface area contributed by atoms with Crippen molar-refractivity contribution >= 4 is 47.8 Å². The van der Waals surface area contributed by atoms with Crippen molar-refractivity contribution in [3.05, 3.63) is 140 Å². The Balaban J connectivity index is 0.880. The smallest absolute Gasteiger partial charge is 0.342 e. The van der Waals surface area contributed by atoms with Gasteiger partial charge in [-0.15, -0.1) is 0 Å². The average molecular weight is 1860 g/mol. The fourth-order valence-electron chi connectivity index (χ4n) is 15.2. The quantitative estimate of drug-likeness (QED) is 0.0531. The summed E-state index contributed by atoms with van der Waals surface area (Å²) in [5, 5.41) is 350. The van der Waals surface area contributed by atoms with E-state index in [-0.39, 0.29) is 35.9 Å². The van der Waals surface area contributed by atoms with E-state index in [1.54, 1.807) is 0 Å². The Morgan fingerprint density at radius 3 is 1.23 bits per heavy atom. The second-order valence-electron chi connectivity index (χ2n) is 29.7. The number of hydrogen-bond donors (Lipinski definition) is 31. The third-order valence-corrected chi connectivity index (χ3v) is 21.7. The lowest BCUT2D eigenvalue weighted by Crippen LogP contribution is -2.62. The van der Waals surface area contributed by atoms with Crippen molar-refractivity contribution in [3.8, 4) is 206 Å². The number of esters is 8. The van der Waals surface area contributed by atoms with Gasteiger partial charge in [0, 0.05) is 63.6 Å². The van der Waals surface area contributed by atoms with Crippen LogP contribution in [0.5, 0.6) is 172 Å². The molecule has 0 aromatic heterocycles. The van der Waals surface area contributed by atoms with Crippen LogP contribution in [0.15, 0.2) is 78.9 Å². The Hall–Kier alpha value is -18.0. The van der Waals surface area contributed by atoms with Gasteiger partial charge in [-0.3, -0.25) is 0 Å². The molecule has 5 aliphatic rings. The SMILES string of the molecule is O=C(OC1C(OC(=O)c2cc(O)c(O)c(O)c2Oc2cc3c(c(O)c2O)-c2c(cc(O)c(O)c2O)C(=O)OC(C2OC(=O)c4cc(O)c(O)c(O)c4-c4c(cc(O)c(O)c4O)C(=O)OCC2O)C(C(O)c2c(O)cc4c(c2O)CC(O)C(c2ccc(O)c(O)c2)O4)OC3=O)C(O)OC2COC(=O)c3cc(O)c(O)c(O)c3-c3c(cc(O)c(O)c3O)C(=O)OC21)c1cc(O)c(O)c(O)c1. The second-order valence-corrected chi connectivity index (χ2v) is 29.7. The van der Waals surface area contributed by atoms with Crippen molar-refractivity contribution in [3.63, 3.8) is 0 Å². The van der Waals surface area contributed by atoms with Crippen molar-refractivity contribution in [2.75, 3.05) is 13.2 Å². The van der Waals surface area contributed by atoms with Crippen LogP contribution in [-0.2, 0) is 49.1 Å². The van der Waals surface area contributed by atoms with Gasteiger partial charge >= 0.3 is 47.8 Å². The Labute approximate surface area is 732 Å². The number of aromatic hydroxyl groups is 27. The van der Waals surface area contributed by atoms with E-state index in [1.165, 1.54) is 0 Å². The highest BCUT2D eigenvalue weighted by molar-refractivity contribution is 6.12. The van der Waals surface area contributed by atoms with Gasteiger partial charge in [0.25, 0.3) is 0 Å². The number of phenolic OH excluding ortho intramolecular Hbond substituents is 27. The summed E-state index contributed by atoms with van der Waals surface area (Å²) in [6, 6.07) is 5.90. The van der Waals surface area contributed by atoms with Gasteiger partial charge in [-0.1, -0.05) is 6.07 Å². The number of hydrogen-bond acceptors (Lipinski definition) is 50. The number of carbonyl (C=O) groups excluding carboxylic acids is 8. The number of ether oxygens (including phenoxy) is 11. The molecule has 15 rings (SSSR count). The number of carbonyl (C=O) groups is 8. The van der Waals surface area contributed by atoms with E-state index in [1.807, 2.05) is 0 Å². The summed E-state index contributed by atoms with van der Waals surface area (Å²) in [6.07, 6.45) is -34.3. The molecule has 0 radical (unpaired) electrons. The molecular formula is C83H62O50. The van der Waals surface area contributed by atoms with Gasteiger partial charge in [0.05, 0.1) is 50.6 Å². The predicted octanol–water partition coefficient (Wildman–Crippen LogP) is 2.99. The molecule has 50 heteroatoms. The standard InChI is InChI=1S/C83H62O50/c84-27-2-1-17(3-28(27)85)67-38(95)6-19-40(125-67)14-29(86)49(50(19)97)65(112)71-72(69-39(96)15-123-76(115)20-7-32(89)52(99)59(106)43(20)45-22(78(117)128-69)9-34(91)54(101)61(45)108)132-80(119)24-11-36(93)56(103)63(110)47(24)48-25(81(120)130-71)13-41(58(105)64(48)111)126-68-26(12-37(94)57(104)66(68)113)82(121)133-74-73(131-75(114)18-4-30(87)51(98)31(88)5-18)70-42(127-83(74)122)16-124-77(116)21-8-33(90)53(100)60(107)44(21)46-23(79(118)129-70)10-35(92)55(102)62(46)109/h1-5,7-14,38-39,42,65,67,69-74,83-113,122H,6,15-16H2. The van der Waals surface area contributed by atoms with Crippen molar-refractivity contribution in [2.45, 2.75) is 79.9 Å². The van der Waals surface area contributed by atoms with Crippen LogP contribution in [0.25, 0.3) is 33.4 Å². The van der Waals surface area contributed by atoms with Crippen LogP contribution in [-0.4, -0.2) is 280 Å². The van der Waals surface area contributed by atoms with Crippen LogP contribution in [0, 0.1) is 0 Å². The molecular weight excluding hydrogens is 1800 g/mol. The summed E-state index contributed by atoms with van der Waals surface area (Å²) in [5.74, 6) is -61.4. The third-order valence-electron chi connectivity index (χ3n) is 21.7. The summed E-state index contributed by atoms with van der Waals surface area (Å²) in [6.45, 7) is -3.16. The van der Waals surface area contributed by atoms with Crippen molar-refractivity contribution in [2.24, 2.45) is 0 Å². The number of cyclic esters (lactones) is 5. The summed E-state index contributed by atoms with van der Waals surface area (Å²) in [5.41, 5.74) is -21.1. The summed E-state index contributed by atoms with van der Waals surface area (Å²) in [7, 11) is 0. The van der Waals surface area contributed by atoms with Crippen LogP contribution in [0.3, 0.4) is 0 Å². The topological polar surface area (TPSA) is 865 Å². The zero-order chi connectivity index (χ0) is 96.8. The van der Waals surface area contributed by atoms with E-state index in [9.17, 15) is 177 Å². The van der Waals surface area contributed by atoms with Crippen LogP contribution >= 0.6 is 0 Å². The molecule has 5 aliphatic heterocycles. The molecule has 1 fully saturated rings. The Morgan fingerprint density at radius 2 is 0.752 bits per heavy atom. The van der Waals surface area contributed by atoms with E-state index in [2.05, 4.69) is 0 Å². The summed E-state index contributed by atoms with van der Waals surface area (Å²) in [4.78, 5) is 120. The molecule has 0 saturated carbocycles. The van der Waals surface area contributed by atoms with E-state index < -0.39 is 402 Å². The number of phenols is 27. The molecule has 133 heavy (non-hydrogen) atoms. The van der Waals surface area contributed by atoms with Gasteiger partial charge in [-0.2, -0.15) is 0 Å². The first-order valence-corrected chi connectivity index (χ1v) is 37.6. The van der Waals surface area contributed by atoms with Gasteiger partial charge in [0.15, 0.2) is 152 Å². The number of fused-ring (bicyclic) bond motifs is 11. The highest BCUT2D eigenvalue weighted by Gasteiger charge is 2.56. The molecule has 1 saturated heterocycles. The molecule has 12 atom stereocenters. The lowest BCUT2D eigenvalue weighted by atomic mass is 9.88. The number of rotatable bonds is 10. The zero-order valence-electron chi connectivity index (χ0n) is 65.7. The number of aliphatic hydroxyl groups is 4. The molecule has 50 nitrogen and oxygen atoms in total. The molecule has 0 spiro atoms. The lowest BCUT2D eigenvalue weighted by Gasteiger charge is -2.42. The van der Waals surface area contributed by atoms with Crippen molar-refractivity contribution in [1.29, 1.82) is 0 Å².